The molecule has 0 N–H and O–H groups in total. The van der Waals surface area contributed by atoms with Gasteiger partial charge in [-0.25, -0.2) is 4.79 Å². The average molecular weight is 451 g/mol. The molecule has 0 aliphatic heterocycles. The molecule has 1 aromatic heterocycles. The average Bonchev–Trinajstić information content (AvgIpc) is 2.92. The Morgan fingerprint density at radius 1 is 0.727 bits per heavy atom. The van der Waals surface area contributed by atoms with Crippen molar-refractivity contribution in [3.8, 4) is 16.9 Å². The van der Waals surface area contributed by atoms with Gasteiger partial charge in [0.2, 0.25) is 0 Å². The molecular weight excluding hydrogens is 424 g/mol. The highest BCUT2D eigenvalue weighted by Crippen LogP contribution is 2.31. The third kappa shape index (κ3) is 5.76. The molecule has 0 fully saturated rings. The van der Waals surface area contributed by atoms with Crippen molar-refractivity contribution in [3.05, 3.63) is 136 Å². The van der Waals surface area contributed by atoms with E-state index in [1.165, 1.54) is 27.1 Å². The van der Waals surface area contributed by atoms with Gasteiger partial charge in [-0.2, -0.15) is 0 Å². The second-order valence-electron chi connectivity index (χ2n) is 7.84. The number of hydrogen-bond acceptors (Lipinski definition) is 3. The van der Waals surface area contributed by atoms with Gasteiger partial charge in [-0.15, -0.1) is 11.3 Å². The summed E-state index contributed by atoms with van der Waals surface area (Å²) in [4.78, 5) is 13.6. The zero-order valence-electron chi connectivity index (χ0n) is 18.8. The highest BCUT2D eigenvalue weighted by Gasteiger charge is 2.11. The molecule has 4 rings (SSSR count). The van der Waals surface area contributed by atoms with E-state index in [1.54, 1.807) is 23.5 Å². The maximum atomic E-state index is 12.4. The lowest BCUT2D eigenvalue weighted by Gasteiger charge is -2.13. The van der Waals surface area contributed by atoms with Crippen molar-refractivity contribution in [3.63, 3.8) is 0 Å². The molecule has 3 aromatic carbocycles. The molecule has 0 spiro atoms. The van der Waals surface area contributed by atoms with Crippen molar-refractivity contribution in [1.29, 1.82) is 0 Å². The van der Waals surface area contributed by atoms with Gasteiger partial charge in [0, 0.05) is 4.88 Å². The molecule has 4 aromatic rings. The first-order valence-corrected chi connectivity index (χ1v) is 11.8. The van der Waals surface area contributed by atoms with Gasteiger partial charge in [-0.1, -0.05) is 78.9 Å². The van der Waals surface area contributed by atoms with Crippen molar-refractivity contribution in [2.45, 2.75) is 20.3 Å². The van der Waals surface area contributed by atoms with E-state index in [2.05, 4.69) is 67.8 Å². The van der Waals surface area contributed by atoms with Crippen LogP contribution in [0, 0.1) is 13.8 Å². The predicted octanol–water partition coefficient (Wildman–Crippen LogP) is 7.97. The monoisotopic (exact) mass is 450 g/mol. The zero-order chi connectivity index (χ0) is 23.0. The Bertz CT molecular complexity index is 1290. The van der Waals surface area contributed by atoms with E-state index in [1.807, 2.05) is 42.5 Å². The maximum Gasteiger partial charge on any atom is 0.343 e. The summed E-state index contributed by atoms with van der Waals surface area (Å²) in [7, 11) is 0. The first-order chi connectivity index (χ1) is 16.1. The SMILES string of the molecule is Cc1ccccc1Cc1cccccsc(C)c1-c1ccc(OC(=O)c2ccccc2)cc1. The van der Waals surface area contributed by atoms with Crippen LogP contribution in [-0.2, 0) is 6.42 Å². The lowest BCUT2D eigenvalue weighted by Crippen LogP contribution is -2.07. The number of hydrogen-bond donors (Lipinski definition) is 0. The fourth-order valence-corrected chi connectivity index (χ4v) is 4.51. The molecule has 0 aliphatic rings. The number of ether oxygens (including phenoxy) is 1. The minimum absolute atomic E-state index is 0.354. The molecule has 0 aliphatic carbocycles. The first kappa shape index (κ1) is 22.5. The van der Waals surface area contributed by atoms with E-state index in [0.29, 0.717) is 11.3 Å². The minimum atomic E-state index is -0.354. The number of aryl methyl sites for hydroxylation is 2. The van der Waals surface area contributed by atoms with E-state index in [9.17, 15) is 4.79 Å². The molecule has 0 unspecified atom stereocenters. The molecule has 0 bridgehead atoms. The normalized spacial score (nSPS) is 10.4. The van der Waals surface area contributed by atoms with Gasteiger partial charge < -0.3 is 4.74 Å². The lowest BCUT2D eigenvalue weighted by molar-refractivity contribution is 0.0735. The largest absolute Gasteiger partial charge is 0.423 e. The molecule has 164 valence electrons. The van der Waals surface area contributed by atoms with E-state index < -0.39 is 0 Å². The van der Waals surface area contributed by atoms with Crippen molar-refractivity contribution < 1.29 is 9.53 Å². The maximum absolute atomic E-state index is 12.4. The highest BCUT2D eigenvalue weighted by atomic mass is 32.1. The Labute approximate surface area is 199 Å². The topological polar surface area (TPSA) is 26.3 Å². The Balaban J connectivity index is 1.71. The van der Waals surface area contributed by atoms with Gasteiger partial charge in [-0.3, -0.25) is 0 Å². The lowest BCUT2D eigenvalue weighted by atomic mass is 9.94. The van der Waals surface area contributed by atoms with E-state index in [-0.39, 0.29) is 5.97 Å². The quantitative estimate of drug-likeness (QED) is 0.228. The van der Waals surface area contributed by atoms with Crippen LogP contribution in [0.2, 0.25) is 0 Å². The summed E-state index contributed by atoms with van der Waals surface area (Å²) in [5, 5.41) is 2.10. The van der Waals surface area contributed by atoms with Gasteiger partial charge in [-0.05, 0) is 77.7 Å². The van der Waals surface area contributed by atoms with Gasteiger partial charge in [0.25, 0.3) is 0 Å². The molecule has 0 saturated heterocycles. The molecule has 0 radical (unpaired) electrons. The number of rotatable bonds is 5. The second kappa shape index (κ2) is 10.8. The Morgan fingerprint density at radius 3 is 2.12 bits per heavy atom. The Kier molecular flexibility index (Phi) is 7.33. The number of benzene rings is 3. The molecule has 33 heavy (non-hydrogen) atoms. The molecule has 1 heterocycles. The number of carbonyl (C=O) groups is 1. The van der Waals surface area contributed by atoms with Crippen LogP contribution < -0.4 is 4.74 Å². The fraction of sp³-hybridized carbons (Fsp3) is 0.100. The zero-order valence-corrected chi connectivity index (χ0v) is 19.6. The van der Waals surface area contributed by atoms with Crippen molar-refractivity contribution >= 4 is 17.3 Å². The van der Waals surface area contributed by atoms with Crippen LogP contribution >= 0.6 is 11.3 Å². The van der Waals surface area contributed by atoms with E-state index in [4.69, 9.17) is 4.74 Å². The fourth-order valence-electron chi connectivity index (χ4n) is 3.77. The predicted molar refractivity (Wildman–Crippen MR) is 138 cm³/mol. The Morgan fingerprint density at radius 2 is 1.36 bits per heavy atom. The van der Waals surface area contributed by atoms with Crippen LogP contribution in [0.4, 0.5) is 0 Å². The molecule has 0 atom stereocenters. The van der Waals surface area contributed by atoms with Crippen LogP contribution in [-0.4, -0.2) is 5.97 Å². The van der Waals surface area contributed by atoms with Gasteiger partial charge in [0.15, 0.2) is 0 Å². The van der Waals surface area contributed by atoms with Crippen LogP contribution in [0.25, 0.3) is 11.1 Å². The summed E-state index contributed by atoms with van der Waals surface area (Å²) in [6, 6.07) is 33.8. The molecule has 0 saturated carbocycles. The van der Waals surface area contributed by atoms with Crippen LogP contribution in [0.15, 0.2) is 109 Å². The summed E-state index contributed by atoms with van der Waals surface area (Å²) in [5.74, 6) is 0.179. The summed E-state index contributed by atoms with van der Waals surface area (Å²) in [6.07, 6.45) is 0.842. The van der Waals surface area contributed by atoms with Crippen LogP contribution in [0.3, 0.4) is 0 Å². The standard InChI is InChI=1S/C30H26O2S/c1-22-11-8-9-14-26(22)21-27-15-7-4-10-20-33-23(2)29(27)24-16-18-28(19-17-24)32-30(31)25-12-5-3-6-13-25/h3-20H,21H2,1-2H3. The summed E-state index contributed by atoms with van der Waals surface area (Å²) in [6.45, 7) is 4.31. The summed E-state index contributed by atoms with van der Waals surface area (Å²) >= 11 is 1.72. The van der Waals surface area contributed by atoms with Gasteiger partial charge in [0.1, 0.15) is 5.75 Å². The van der Waals surface area contributed by atoms with Crippen molar-refractivity contribution in [2.24, 2.45) is 0 Å². The molecule has 0 amide bonds. The minimum Gasteiger partial charge on any atom is -0.423 e. The summed E-state index contributed by atoms with van der Waals surface area (Å²) < 4.78 is 5.58. The van der Waals surface area contributed by atoms with Crippen LogP contribution in [0.5, 0.6) is 5.75 Å². The van der Waals surface area contributed by atoms with Gasteiger partial charge >= 0.3 is 5.97 Å². The van der Waals surface area contributed by atoms with Crippen molar-refractivity contribution in [1.82, 2.24) is 0 Å². The third-order valence-electron chi connectivity index (χ3n) is 5.52. The van der Waals surface area contributed by atoms with E-state index in [0.717, 1.165) is 12.0 Å². The molecule has 3 heteroatoms. The number of esters is 1. The van der Waals surface area contributed by atoms with Crippen molar-refractivity contribution in [2.75, 3.05) is 0 Å². The molecular formula is C30H26O2S. The Hall–Kier alpha value is -3.69. The smallest absolute Gasteiger partial charge is 0.343 e. The van der Waals surface area contributed by atoms with Gasteiger partial charge in [0.05, 0.1) is 5.56 Å². The van der Waals surface area contributed by atoms with Crippen LogP contribution in [0.1, 0.15) is 31.9 Å². The third-order valence-corrected chi connectivity index (χ3v) is 6.37. The first-order valence-electron chi connectivity index (χ1n) is 10.9. The van der Waals surface area contributed by atoms with E-state index >= 15 is 0 Å². The second-order valence-corrected chi connectivity index (χ2v) is 8.96. The highest BCUT2D eigenvalue weighted by molar-refractivity contribution is 7.09. The summed E-state index contributed by atoms with van der Waals surface area (Å²) in [5.41, 5.74) is 6.70. The number of carbonyl (C=O) groups excluding carboxylic acids is 1. The molecule has 2 nitrogen and oxygen atoms in total.